The Bertz CT molecular complexity index is 1360. The quantitative estimate of drug-likeness (QED) is 0.388. The van der Waals surface area contributed by atoms with Gasteiger partial charge in [0, 0.05) is 38.5 Å². The number of aromatic nitrogens is 6. The smallest absolute Gasteiger partial charge is 0.232 e. The summed E-state index contributed by atoms with van der Waals surface area (Å²) in [5.74, 6) is -0.0770. The molecule has 9 nitrogen and oxygen atoms in total. The molecular weight excluding hydrogens is 506 g/mol. The Morgan fingerprint density at radius 3 is 2.53 bits per heavy atom. The van der Waals surface area contributed by atoms with Gasteiger partial charge in [-0.2, -0.15) is 19.7 Å². The molecule has 12 heteroatoms. The molecule has 0 aliphatic carbocycles. The van der Waals surface area contributed by atoms with Crippen molar-refractivity contribution in [3.8, 4) is 11.4 Å². The number of piperidine rings is 1. The number of hydrogen-bond acceptors (Lipinski definition) is 7. The van der Waals surface area contributed by atoms with Crippen LogP contribution in [0.4, 0.5) is 16.0 Å². The number of nitrogens with zero attached hydrogens (tertiary/aromatic N) is 7. The van der Waals surface area contributed by atoms with Gasteiger partial charge in [0.2, 0.25) is 5.95 Å². The van der Waals surface area contributed by atoms with Crippen molar-refractivity contribution in [2.75, 3.05) is 31.6 Å². The van der Waals surface area contributed by atoms with Gasteiger partial charge in [0.1, 0.15) is 10.8 Å². The highest BCUT2D eigenvalue weighted by Crippen LogP contribution is 2.32. The molecule has 0 bridgehead atoms. The molecule has 0 unspecified atom stereocenters. The van der Waals surface area contributed by atoms with Gasteiger partial charge in [-0.05, 0) is 37.8 Å². The molecule has 4 aromatic rings. The average molecular weight is 531 g/mol. The van der Waals surface area contributed by atoms with E-state index < -0.39 is 5.82 Å². The Morgan fingerprint density at radius 2 is 1.75 bits per heavy atom. The van der Waals surface area contributed by atoms with Crippen LogP contribution in [0.3, 0.4) is 0 Å². The van der Waals surface area contributed by atoms with E-state index in [2.05, 4.69) is 30.4 Å². The zero-order chi connectivity index (χ0) is 24.6. The highest BCUT2D eigenvalue weighted by Gasteiger charge is 2.27. The Kier molecular flexibility index (Phi) is 6.51. The van der Waals surface area contributed by atoms with Crippen molar-refractivity contribution in [1.82, 2.24) is 34.3 Å². The van der Waals surface area contributed by atoms with Gasteiger partial charge in [0.05, 0.1) is 34.7 Å². The molecule has 2 aliphatic rings. The fraction of sp³-hybridized carbons (Fsp3) is 0.417. The molecule has 188 valence electrons. The summed E-state index contributed by atoms with van der Waals surface area (Å²) < 4.78 is 23.6. The predicted molar refractivity (Wildman–Crippen MR) is 135 cm³/mol. The first kappa shape index (κ1) is 23.6. The molecule has 5 heterocycles. The lowest BCUT2D eigenvalue weighted by Crippen LogP contribution is -2.44. The van der Waals surface area contributed by atoms with Crippen molar-refractivity contribution < 1.29 is 9.13 Å². The molecule has 6 rings (SSSR count). The highest BCUT2D eigenvalue weighted by molar-refractivity contribution is 6.34. The lowest BCUT2D eigenvalue weighted by molar-refractivity contribution is 0.0212. The topological polar surface area (TPSA) is 85.4 Å². The van der Waals surface area contributed by atoms with E-state index in [-0.39, 0.29) is 16.4 Å². The molecular formula is C24H25Cl2FN8O. The van der Waals surface area contributed by atoms with Gasteiger partial charge in [-0.15, -0.1) is 0 Å². The van der Waals surface area contributed by atoms with Crippen LogP contribution in [0, 0.1) is 5.82 Å². The van der Waals surface area contributed by atoms with E-state index in [4.69, 9.17) is 27.9 Å². The fourth-order valence-corrected chi connectivity index (χ4v) is 5.47. The van der Waals surface area contributed by atoms with Crippen molar-refractivity contribution >= 4 is 40.5 Å². The van der Waals surface area contributed by atoms with Crippen LogP contribution in [-0.4, -0.2) is 66.6 Å². The third-order valence-electron chi connectivity index (χ3n) is 6.95. The van der Waals surface area contributed by atoms with Crippen LogP contribution in [0.1, 0.15) is 31.7 Å². The van der Waals surface area contributed by atoms with Crippen LogP contribution in [0.15, 0.2) is 36.8 Å². The van der Waals surface area contributed by atoms with Gasteiger partial charge < -0.3 is 15.0 Å². The molecule has 36 heavy (non-hydrogen) atoms. The average Bonchev–Trinajstić information content (AvgIpc) is 3.52. The number of halogens is 3. The van der Waals surface area contributed by atoms with Crippen LogP contribution in [0.2, 0.25) is 10.0 Å². The monoisotopic (exact) mass is 530 g/mol. The van der Waals surface area contributed by atoms with Gasteiger partial charge in [-0.1, -0.05) is 29.3 Å². The summed E-state index contributed by atoms with van der Waals surface area (Å²) in [6.45, 7) is 3.84. The minimum absolute atomic E-state index is 0.106. The second-order valence-corrected chi connectivity index (χ2v) is 9.95. The largest absolute Gasteiger partial charge is 0.381 e. The maximum Gasteiger partial charge on any atom is 0.232 e. The number of benzene rings is 1. The van der Waals surface area contributed by atoms with Gasteiger partial charge in [-0.25, -0.2) is 9.37 Å². The zero-order valence-corrected chi connectivity index (χ0v) is 21.0. The minimum atomic E-state index is -0.520. The number of anilines is 2. The van der Waals surface area contributed by atoms with E-state index in [1.807, 2.05) is 10.9 Å². The molecule has 1 aromatic carbocycles. The maximum absolute atomic E-state index is 14.6. The molecule has 0 radical (unpaired) electrons. The summed E-state index contributed by atoms with van der Waals surface area (Å²) in [4.78, 5) is 11.5. The summed E-state index contributed by atoms with van der Waals surface area (Å²) in [5.41, 5.74) is 1.18. The first-order chi connectivity index (χ1) is 17.6. The number of rotatable bonds is 5. The molecule has 3 aromatic heterocycles. The SMILES string of the molecule is Fc1cccc(Cl)c1-c1nc(Nc2cnn(C3CCN(C4CCOCC4)CC3)c2)n2ncc(Cl)c2n1. The molecule has 2 aliphatic heterocycles. The van der Waals surface area contributed by atoms with Gasteiger partial charge in [0.15, 0.2) is 11.5 Å². The van der Waals surface area contributed by atoms with Crippen LogP contribution in [0.25, 0.3) is 17.0 Å². The predicted octanol–water partition coefficient (Wildman–Crippen LogP) is 4.99. The molecule has 1 N–H and O–H groups in total. The fourth-order valence-electron chi connectivity index (χ4n) is 5.05. The Hall–Kier alpha value is -2.79. The van der Waals surface area contributed by atoms with Crippen molar-refractivity contribution in [3.63, 3.8) is 0 Å². The second kappa shape index (κ2) is 9.93. The van der Waals surface area contributed by atoms with Gasteiger partial charge in [-0.3, -0.25) is 4.68 Å². The summed E-state index contributed by atoms with van der Waals surface area (Å²) >= 11 is 12.6. The van der Waals surface area contributed by atoms with Crippen LogP contribution in [0.5, 0.6) is 0 Å². The lowest BCUT2D eigenvalue weighted by atomic mass is 10.00. The van der Waals surface area contributed by atoms with Crippen molar-refractivity contribution in [2.24, 2.45) is 0 Å². The Balaban J connectivity index is 1.23. The third kappa shape index (κ3) is 4.54. The van der Waals surface area contributed by atoms with Gasteiger partial charge >= 0.3 is 0 Å². The van der Waals surface area contributed by atoms with E-state index in [0.717, 1.165) is 57.7 Å². The lowest BCUT2D eigenvalue weighted by Gasteiger charge is -2.39. The second-order valence-electron chi connectivity index (χ2n) is 9.14. The number of fused-ring (bicyclic) bond motifs is 1. The first-order valence-corrected chi connectivity index (χ1v) is 12.8. The van der Waals surface area contributed by atoms with E-state index in [1.165, 1.54) is 22.8 Å². The third-order valence-corrected chi connectivity index (χ3v) is 7.53. The normalized spacial score (nSPS) is 18.2. The van der Waals surface area contributed by atoms with Crippen LogP contribution in [-0.2, 0) is 4.74 Å². The molecule has 2 saturated heterocycles. The zero-order valence-electron chi connectivity index (χ0n) is 19.4. The summed E-state index contributed by atoms with van der Waals surface area (Å²) in [5, 5.41) is 12.7. The van der Waals surface area contributed by atoms with Gasteiger partial charge in [0.25, 0.3) is 0 Å². The number of nitrogens with one attached hydrogen (secondary N) is 1. The van der Waals surface area contributed by atoms with E-state index in [9.17, 15) is 4.39 Å². The molecule has 0 amide bonds. The van der Waals surface area contributed by atoms with E-state index in [0.29, 0.717) is 28.7 Å². The molecule has 0 saturated carbocycles. The first-order valence-electron chi connectivity index (χ1n) is 12.1. The number of likely N-dealkylation sites (tertiary alicyclic amines) is 1. The van der Waals surface area contributed by atoms with E-state index >= 15 is 0 Å². The molecule has 0 spiro atoms. The van der Waals surface area contributed by atoms with Crippen LogP contribution >= 0.6 is 23.2 Å². The summed E-state index contributed by atoms with van der Waals surface area (Å²) in [6, 6.07) is 5.40. The Morgan fingerprint density at radius 1 is 0.944 bits per heavy atom. The molecule has 0 atom stereocenters. The highest BCUT2D eigenvalue weighted by atomic mass is 35.5. The maximum atomic E-state index is 14.6. The molecule has 2 fully saturated rings. The summed E-state index contributed by atoms with van der Waals surface area (Å²) in [6.07, 6.45) is 9.50. The summed E-state index contributed by atoms with van der Waals surface area (Å²) in [7, 11) is 0. The van der Waals surface area contributed by atoms with Crippen molar-refractivity contribution in [2.45, 2.75) is 37.8 Å². The number of hydrogen-bond donors (Lipinski definition) is 1. The van der Waals surface area contributed by atoms with Crippen LogP contribution < -0.4 is 5.32 Å². The number of ether oxygens (including phenoxy) is 1. The van der Waals surface area contributed by atoms with E-state index in [1.54, 1.807) is 12.3 Å². The Labute approximate surface area is 217 Å². The standard InChI is InChI=1S/C24H25Cl2FN8O/c25-18-2-1-3-20(27)21(18)22-31-23-19(26)13-29-35(23)24(32-22)30-15-12-28-34(14-15)17-4-8-33(9-5-17)16-6-10-36-11-7-16/h1-3,12-14,16-17H,4-11H2,(H,30,31,32). The van der Waals surface area contributed by atoms with Crippen molar-refractivity contribution in [3.05, 3.63) is 52.7 Å². The van der Waals surface area contributed by atoms with Crippen molar-refractivity contribution in [1.29, 1.82) is 0 Å². The minimum Gasteiger partial charge on any atom is -0.381 e.